The van der Waals surface area contributed by atoms with Gasteiger partial charge in [-0.1, -0.05) is 29.8 Å². The van der Waals surface area contributed by atoms with Crippen LogP contribution in [-0.2, 0) is 0 Å². The van der Waals surface area contributed by atoms with Gasteiger partial charge in [0.1, 0.15) is 0 Å². The van der Waals surface area contributed by atoms with E-state index in [0.717, 1.165) is 22.6 Å². The maximum atomic E-state index is 12.3. The van der Waals surface area contributed by atoms with Crippen LogP contribution in [0.15, 0.2) is 66.7 Å². The second-order valence-electron chi connectivity index (χ2n) is 8.36. The molecule has 7 nitrogen and oxygen atoms in total. The number of hydrogen-bond donors (Lipinski definition) is 3. The fourth-order valence-corrected chi connectivity index (χ4v) is 3.23. The number of nitrogens with zero attached hydrogens (tertiary/aromatic N) is 3. The molecule has 4 rings (SSSR count). The van der Waals surface area contributed by atoms with E-state index >= 15 is 0 Å². The van der Waals surface area contributed by atoms with E-state index in [2.05, 4.69) is 45.8 Å². The van der Waals surface area contributed by atoms with Crippen LogP contribution >= 0.6 is 0 Å². The lowest BCUT2D eigenvalue weighted by atomic mass is 10.1. The van der Waals surface area contributed by atoms with Gasteiger partial charge in [-0.2, -0.15) is 4.98 Å². The highest BCUT2D eigenvalue weighted by molar-refractivity contribution is 5.94. The summed E-state index contributed by atoms with van der Waals surface area (Å²) in [7, 11) is 0. The second-order valence-corrected chi connectivity index (χ2v) is 8.36. The molecule has 158 valence electrons. The Balaban J connectivity index is 1.53. The minimum absolute atomic E-state index is 0.154. The Bertz CT molecular complexity index is 1220. The summed E-state index contributed by atoms with van der Waals surface area (Å²) in [6.07, 6.45) is 0. The first-order valence-electron chi connectivity index (χ1n) is 10.2. The van der Waals surface area contributed by atoms with Crippen molar-refractivity contribution < 1.29 is 4.79 Å². The molecule has 4 N–H and O–H groups in total. The van der Waals surface area contributed by atoms with Gasteiger partial charge in [0, 0.05) is 28.9 Å². The van der Waals surface area contributed by atoms with Gasteiger partial charge in [-0.05, 0) is 63.2 Å². The first-order chi connectivity index (χ1) is 14.8. The van der Waals surface area contributed by atoms with Gasteiger partial charge in [0.15, 0.2) is 5.65 Å². The number of aryl methyl sites for hydroxylation is 1. The molecule has 0 spiro atoms. The summed E-state index contributed by atoms with van der Waals surface area (Å²) in [5.74, 6) is 0.334. The number of aromatic nitrogens is 3. The fourth-order valence-electron chi connectivity index (χ4n) is 3.23. The second kappa shape index (κ2) is 8.20. The van der Waals surface area contributed by atoms with Crippen molar-refractivity contribution in [1.29, 1.82) is 0 Å². The molecule has 7 heteroatoms. The van der Waals surface area contributed by atoms with Crippen molar-refractivity contribution in [1.82, 2.24) is 19.9 Å². The minimum Gasteiger partial charge on any atom is -0.350 e. The van der Waals surface area contributed by atoms with Crippen LogP contribution in [0.4, 0.5) is 11.6 Å². The highest BCUT2D eigenvalue weighted by Gasteiger charge is 2.14. The van der Waals surface area contributed by atoms with E-state index in [1.807, 2.05) is 54.8 Å². The summed E-state index contributed by atoms with van der Waals surface area (Å²) in [5, 5.41) is 10.7. The Morgan fingerprint density at radius 3 is 2.52 bits per heavy atom. The summed E-state index contributed by atoms with van der Waals surface area (Å²) >= 11 is 0. The third-order valence-corrected chi connectivity index (χ3v) is 4.78. The molecule has 0 aliphatic heterocycles. The van der Waals surface area contributed by atoms with Gasteiger partial charge in [0.25, 0.3) is 5.91 Å². The number of nitrogens with one attached hydrogen (secondary N) is 2. The SMILES string of the molecule is Cc1cccc(-c2cccc3nc(Nc4ccc(C(=O)NCC(C)(C)N)cc4)nn23)c1. The third-order valence-electron chi connectivity index (χ3n) is 4.78. The lowest BCUT2D eigenvalue weighted by Gasteiger charge is -2.18. The molecule has 0 saturated heterocycles. The molecule has 2 aromatic heterocycles. The van der Waals surface area contributed by atoms with Crippen molar-refractivity contribution in [3.8, 4) is 11.3 Å². The minimum atomic E-state index is -0.455. The summed E-state index contributed by atoms with van der Waals surface area (Å²) in [6.45, 7) is 6.21. The average Bonchev–Trinajstić information content (AvgIpc) is 3.14. The molecule has 0 aliphatic carbocycles. The zero-order valence-corrected chi connectivity index (χ0v) is 17.9. The van der Waals surface area contributed by atoms with Gasteiger partial charge in [0.2, 0.25) is 5.95 Å². The lowest BCUT2D eigenvalue weighted by Crippen LogP contribution is -2.45. The number of anilines is 2. The topological polar surface area (TPSA) is 97.3 Å². The molecule has 1 amide bonds. The molecule has 2 aromatic carbocycles. The van der Waals surface area contributed by atoms with Crippen molar-refractivity contribution in [2.75, 3.05) is 11.9 Å². The van der Waals surface area contributed by atoms with Gasteiger partial charge in [-0.3, -0.25) is 4.79 Å². The van der Waals surface area contributed by atoms with E-state index in [9.17, 15) is 4.79 Å². The molecular weight excluding hydrogens is 388 g/mol. The van der Waals surface area contributed by atoms with Crippen LogP contribution in [0, 0.1) is 6.92 Å². The summed E-state index contributed by atoms with van der Waals surface area (Å²) in [5.41, 5.74) is 10.8. The fraction of sp³-hybridized carbons (Fsp3) is 0.208. The van der Waals surface area contributed by atoms with Crippen LogP contribution < -0.4 is 16.4 Å². The smallest absolute Gasteiger partial charge is 0.251 e. The highest BCUT2D eigenvalue weighted by Crippen LogP contribution is 2.23. The van der Waals surface area contributed by atoms with Crippen LogP contribution in [0.1, 0.15) is 29.8 Å². The Morgan fingerprint density at radius 2 is 1.81 bits per heavy atom. The van der Waals surface area contributed by atoms with E-state index in [1.54, 1.807) is 12.1 Å². The van der Waals surface area contributed by atoms with E-state index in [-0.39, 0.29) is 5.91 Å². The van der Waals surface area contributed by atoms with Crippen LogP contribution in [0.2, 0.25) is 0 Å². The van der Waals surface area contributed by atoms with Gasteiger partial charge in [-0.25, -0.2) is 4.52 Å². The van der Waals surface area contributed by atoms with Gasteiger partial charge >= 0.3 is 0 Å². The number of amides is 1. The number of benzene rings is 2. The monoisotopic (exact) mass is 414 g/mol. The number of fused-ring (bicyclic) bond motifs is 1. The quantitative estimate of drug-likeness (QED) is 0.444. The molecule has 0 aliphatic rings. The molecule has 0 saturated carbocycles. The van der Waals surface area contributed by atoms with Crippen LogP contribution in [0.3, 0.4) is 0 Å². The summed E-state index contributed by atoms with van der Waals surface area (Å²) in [4.78, 5) is 16.8. The molecule has 0 fully saturated rings. The molecule has 0 unspecified atom stereocenters. The Labute approximate surface area is 181 Å². The first-order valence-corrected chi connectivity index (χ1v) is 10.2. The van der Waals surface area contributed by atoms with Crippen LogP contribution in [0.25, 0.3) is 16.9 Å². The van der Waals surface area contributed by atoms with Crippen LogP contribution in [-0.4, -0.2) is 32.6 Å². The van der Waals surface area contributed by atoms with Gasteiger partial charge in [0.05, 0.1) is 5.69 Å². The maximum Gasteiger partial charge on any atom is 0.251 e. The van der Waals surface area contributed by atoms with Crippen molar-refractivity contribution in [3.05, 3.63) is 77.9 Å². The average molecular weight is 415 g/mol. The standard InChI is InChI=1S/C24H26N6O/c1-16-6-4-7-18(14-16)20-8-5-9-21-28-23(29-30(20)21)27-19-12-10-17(11-13-19)22(31)26-15-24(2,3)25/h4-14H,15,25H2,1-3H3,(H,26,31)(H,27,29). The normalized spacial score (nSPS) is 11.5. The number of hydrogen-bond acceptors (Lipinski definition) is 5. The molecule has 0 bridgehead atoms. The van der Waals surface area contributed by atoms with Crippen molar-refractivity contribution in [3.63, 3.8) is 0 Å². The molecule has 0 radical (unpaired) electrons. The van der Waals surface area contributed by atoms with Crippen molar-refractivity contribution in [2.45, 2.75) is 26.3 Å². The van der Waals surface area contributed by atoms with E-state index in [0.29, 0.717) is 18.1 Å². The lowest BCUT2D eigenvalue weighted by molar-refractivity contribution is 0.0946. The predicted molar refractivity (Wildman–Crippen MR) is 123 cm³/mol. The Morgan fingerprint density at radius 1 is 1.06 bits per heavy atom. The van der Waals surface area contributed by atoms with E-state index in [1.165, 1.54) is 5.56 Å². The number of carbonyl (C=O) groups is 1. The molecule has 0 atom stereocenters. The molecule has 31 heavy (non-hydrogen) atoms. The number of pyridine rings is 1. The Kier molecular flexibility index (Phi) is 5.44. The van der Waals surface area contributed by atoms with E-state index < -0.39 is 5.54 Å². The molecule has 2 heterocycles. The van der Waals surface area contributed by atoms with Gasteiger partial charge < -0.3 is 16.4 Å². The number of carbonyl (C=O) groups excluding carboxylic acids is 1. The summed E-state index contributed by atoms with van der Waals surface area (Å²) < 4.78 is 1.83. The highest BCUT2D eigenvalue weighted by atomic mass is 16.1. The largest absolute Gasteiger partial charge is 0.350 e. The molecule has 4 aromatic rings. The first kappa shape index (κ1) is 20.6. The third kappa shape index (κ3) is 4.90. The maximum absolute atomic E-state index is 12.3. The zero-order valence-electron chi connectivity index (χ0n) is 17.9. The van der Waals surface area contributed by atoms with Crippen molar-refractivity contribution in [2.24, 2.45) is 5.73 Å². The van der Waals surface area contributed by atoms with Gasteiger partial charge in [-0.15, -0.1) is 5.10 Å². The van der Waals surface area contributed by atoms with Crippen LogP contribution in [0.5, 0.6) is 0 Å². The zero-order chi connectivity index (χ0) is 22.0. The molecular formula is C24H26N6O. The summed E-state index contributed by atoms with van der Waals surface area (Å²) in [6, 6.07) is 21.4. The predicted octanol–water partition coefficient (Wildman–Crippen LogP) is 3.92. The van der Waals surface area contributed by atoms with Crippen molar-refractivity contribution >= 4 is 23.2 Å². The van der Waals surface area contributed by atoms with E-state index in [4.69, 9.17) is 5.73 Å². The Hall–Kier alpha value is -3.71. The number of rotatable bonds is 6. The number of nitrogens with two attached hydrogens (primary N) is 1.